The third-order valence-electron chi connectivity index (χ3n) is 4.35. The van der Waals surface area contributed by atoms with Gasteiger partial charge < -0.3 is 10.2 Å². The predicted octanol–water partition coefficient (Wildman–Crippen LogP) is 4.51. The fourth-order valence-corrected chi connectivity index (χ4v) is 2.97. The summed E-state index contributed by atoms with van der Waals surface area (Å²) >= 11 is 0. The number of amides is 1. The zero-order valence-electron chi connectivity index (χ0n) is 16.2. The maximum absolute atomic E-state index is 13.8. The van der Waals surface area contributed by atoms with E-state index in [1.807, 2.05) is 38.1 Å². The average molecular weight is 378 g/mol. The van der Waals surface area contributed by atoms with E-state index in [2.05, 4.69) is 15.3 Å². The molecule has 0 aliphatic carbocycles. The number of nitrogens with one attached hydrogen (secondary N) is 1. The Bertz CT molecular complexity index is 990. The number of carbonyl (C=O) groups excluding carboxylic acids is 1. The second-order valence-electron chi connectivity index (χ2n) is 6.52. The summed E-state index contributed by atoms with van der Waals surface area (Å²) in [6.07, 6.45) is 0. The number of aromatic nitrogens is 2. The van der Waals surface area contributed by atoms with Crippen molar-refractivity contribution in [3.05, 3.63) is 83.1 Å². The van der Waals surface area contributed by atoms with E-state index in [1.54, 1.807) is 36.1 Å². The lowest BCUT2D eigenvalue weighted by molar-refractivity contribution is 0.0983. The van der Waals surface area contributed by atoms with Gasteiger partial charge in [0, 0.05) is 30.4 Å². The van der Waals surface area contributed by atoms with Crippen LogP contribution in [0.15, 0.2) is 54.6 Å². The zero-order valence-corrected chi connectivity index (χ0v) is 16.2. The first-order valence-corrected chi connectivity index (χ1v) is 9.19. The second-order valence-corrected chi connectivity index (χ2v) is 6.52. The molecule has 0 bridgehead atoms. The third kappa shape index (κ3) is 4.52. The van der Waals surface area contributed by atoms with Crippen LogP contribution in [0.3, 0.4) is 0 Å². The molecule has 1 aromatic heterocycles. The van der Waals surface area contributed by atoms with Crippen molar-refractivity contribution in [2.45, 2.75) is 27.3 Å². The van der Waals surface area contributed by atoms with Gasteiger partial charge in [0.1, 0.15) is 23.2 Å². The van der Waals surface area contributed by atoms with Crippen LogP contribution in [-0.4, -0.2) is 22.4 Å². The molecule has 0 fully saturated rings. The summed E-state index contributed by atoms with van der Waals surface area (Å²) in [5.41, 5.74) is 2.73. The minimum atomic E-state index is -0.284. The van der Waals surface area contributed by atoms with Gasteiger partial charge in [-0.15, -0.1) is 0 Å². The van der Waals surface area contributed by atoms with Gasteiger partial charge in [-0.25, -0.2) is 14.4 Å². The molecule has 0 atom stereocenters. The van der Waals surface area contributed by atoms with Crippen LogP contribution < -0.4 is 10.2 Å². The van der Waals surface area contributed by atoms with E-state index >= 15 is 0 Å². The molecule has 28 heavy (non-hydrogen) atoms. The number of nitrogens with zero attached hydrogens (tertiary/aromatic N) is 3. The Labute approximate surface area is 164 Å². The normalized spacial score (nSPS) is 10.6. The lowest BCUT2D eigenvalue weighted by Crippen LogP contribution is -2.31. The predicted molar refractivity (Wildman–Crippen MR) is 109 cm³/mol. The van der Waals surface area contributed by atoms with Crippen molar-refractivity contribution < 1.29 is 9.18 Å². The van der Waals surface area contributed by atoms with E-state index in [4.69, 9.17) is 0 Å². The molecule has 0 radical (unpaired) electrons. The molecule has 0 aliphatic rings. The Balaban J connectivity index is 1.83. The van der Waals surface area contributed by atoms with Crippen LogP contribution in [0, 0.1) is 19.7 Å². The maximum atomic E-state index is 13.8. The van der Waals surface area contributed by atoms with Crippen molar-refractivity contribution >= 4 is 17.4 Å². The van der Waals surface area contributed by atoms with Crippen molar-refractivity contribution in [2.75, 3.05) is 16.8 Å². The number of aryl methyl sites for hydroxylation is 2. The molecule has 144 valence electrons. The van der Waals surface area contributed by atoms with Gasteiger partial charge in [-0.05, 0) is 44.5 Å². The van der Waals surface area contributed by atoms with Crippen molar-refractivity contribution in [2.24, 2.45) is 0 Å². The average Bonchev–Trinajstić information content (AvgIpc) is 2.67. The van der Waals surface area contributed by atoms with Crippen molar-refractivity contribution in [1.29, 1.82) is 0 Å². The monoisotopic (exact) mass is 378 g/mol. The van der Waals surface area contributed by atoms with Crippen LogP contribution >= 0.6 is 0 Å². The first-order valence-electron chi connectivity index (χ1n) is 9.19. The van der Waals surface area contributed by atoms with Gasteiger partial charge in [-0.3, -0.25) is 4.79 Å². The van der Waals surface area contributed by atoms with Crippen LogP contribution in [0.1, 0.15) is 34.4 Å². The van der Waals surface area contributed by atoms with Crippen molar-refractivity contribution in [3.63, 3.8) is 0 Å². The number of rotatable bonds is 6. The molecule has 0 unspecified atom stereocenters. The Morgan fingerprint density at radius 3 is 2.57 bits per heavy atom. The fraction of sp³-hybridized carbons (Fsp3) is 0.227. The molecule has 2 aromatic carbocycles. The van der Waals surface area contributed by atoms with Gasteiger partial charge in [0.2, 0.25) is 0 Å². The van der Waals surface area contributed by atoms with Crippen LogP contribution in [0.2, 0.25) is 0 Å². The van der Waals surface area contributed by atoms with E-state index in [-0.39, 0.29) is 18.3 Å². The molecule has 5 nitrogen and oxygen atoms in total. The lowest BCUT2D eigenvalue weighted by Gasteiger charge is -2.21. The third-order valence-corrected chi connectivity index (χ3v) is 4.35. The van der Waals surface area contributed by atoms with E-state index < -0.39 is 0 Å². The van der Waals surface area contributed by atoms with E-state index in [1.165, 1.54) is 6.07 Å². The first-order chi connectivity index (χ1) is 13.5. The molecule has 1 heterocycles. The molecule has 0 spiro atoms. The smallest absolute Gasteiger partial charge is 0.277 e. The molecule has 1 N–H and O–H groups in total. The molecule has 3 rings (SSSR count). The van der Waals surface area contributed by atoms with Gasteiger partial charge in [0.25, 0.3) is 5.91 Å². The lowest BCUT2D eigenvalue weighted by atomic mass is 10.2. The Kier molecular flexibility index (Phi) is 5.99. The van der Waals surface area contributed by atoms with Crippen LogP contribution in [0.4, 0.5) is 15.9 Å². The summed E-state index contributed by atoms with van der Waals surface area (Å²) in [4.78, 5) is 23.4. The highest BCUT2D eigenvalue weighted by Crippen LogP contribution is 2.19. The quantitative estimate of drug-likeness (QED) is 0.686. The summed E-state index contributed by atoms with van der Waals surface area (Å²) in [7, 11) is 0. The SMILES string of the molecule is CCN(C(=O)c1cc(NCc2ccccc2F)nc(C)n1)c1cccc(C)c1. The summed E-state index contributed by atoms with van der Waals surface area (Å²) < 4.78 is 13.8. The Morgan fingerprint density at radius 2 is 1.86 bits per heavy atom. The van der Waals surface area contributed by atoms with Crippen molar-refractivity contribution in [3.8, 4) is 0 Å². The molecular formula is C22H23FN4O. The number of benzene rings is 2. The fourth-order valence-electron chi connectivity index (χ4n) is 2.97. The second kappa shape index (κ2) is 8.61. The topological polar surface area (TPSA) is 58.1 Å². The van der Waals surface area contributed by atoms with Crippen LogP contribution in [-0.2, 0) is 6.54 Å². The summed E-state index contributed by atoms with van der Waals surface area (Å²) in [6, 6.07) is 15.9. The maximum Gasteiger partial charge on any atom is 0.277 e. The summed E-state index contributed by atoms with van der Waals surface area (Å²) in [5.74, 6) is 0.475. The highest BCUT2D eigenvalue weighted by molar-refractivity contribution is 6.05. The van der Waals surface area contributed by atoms with Gasteiger partial charge in [-0.2, -0.15) is 0 Å². The number of anilines is 2. The first kappa shape index (κ1) is 19.5. The van der Waals surface area contributed by atoms with Gasteiger partial charge >= 0.3 is 0 Å². The van der Waals surface area contributed by atoms with Crippen LogP contribution in [0.25, 0.3) is 0 Å². The molecule has 6 heteroatoms. The number of carbonyl (C=O) groups is 1. The Morgan fingerprint density at radius 1 is 1.07 bits per heavy atom. The molecule has 3 aromatic rings. The van der Waals surface area contributed by atoms with E-state index in [0.29, 0.717) is 29.4 Å². The molecular weight excluding hydrogens is 355 g/mol. The van der Waals surface area contributed by atoms with Gasteiger partial charge in [0.05, 0.1) is 0 Å². The van der Waals surface area contributed by atoms with Gasteiger partial charge in [-0.1, -0.05) is 30.3 Å². The zero-order chi connectivity index (χ0) is 20.1. The molecule has 0 saturated heterocycles. The Hall–Kier alpha value is -3.28. The number of hydrogen-bond acceptors (Lipinski definition) is 4. The van der Waals surface area contributed by atoms with Crippen molar-refractivity contribution in [1.82, 2.24) is 9.97 Å². The van der Waals surface area contributed by atoms with E-state index in [9.17, 15) is 9.18 Å². The summed E-state index contributed by atoms with van der Waals surface area (Å²) in [5, 5.41) is 3.08. The highest BCUT2D eigenvalue weighted by atomic mass is 19.1. The number of hydrogen-bond donors (Lipinski definition) is 1. The molecule has 1 amide bonds. The molecule has 0 aliphatic heterocycles. The minimum Gasteiger partial charge on any atom is -0.366 e. The largest absolute Gasteiger partial charge is 0.366 e. The standard InChI is InChI=1S/C22H23FN4O/c1-4-27(18-10-7-8-15(2)12-18)22(28)20-13-21(26-16(3)25-20)24-14-17-9-5-6-11-19(17)23/h5-13H,4,14H2,1-3H3,(H,24,25,26). The van der Waals surface area contributed by atoms with Gasteiger partial charge in [0.15, 0.2) is 0 Å². The minimum absolute atomic E-state index is 0.201. The van der Waals surface area contributed by atoms with E-state index in [0.717, 1.165) is 11.3 Å². The summed E-state index contributed by atoms with van der Waals surface area (Å²) in [6.45, 7) is 6.43. The molecule has 0 saturated carbocycles. The number of halogens is 1. The van der Waals surface area contributed by atoms with Crippen LogP contribution in [0.5, 0.6) is 0 Å². The highest BCUT2D eigenvalue weighted by Gasteiger charge is 2.19.